The van der Waals surface area contributed by atoms with E-state index in [9.17, 15) is 14.7 Å². The number of pyridine rings is 1. The highest BCUT2D eigenvalue weighted by atomic mass is 16.6. The fraction of sp³-hybridized carbons (Fsp3) is 0.462. The molecule has 1 heterocycles. The highest BCUT2D eigenvalue weighted by Crippen LogP contribution is 2.25. The van der Waals surface area contributed by atoms with Gasteiger partial charge < -0.3 is 20.3 Å². The van der Waals surface area contributed by atoms with Crippen molar-refractivity contribution < 1.29 is 24.5 Å². The molecular formula is C13H18N2O5. The number of aliphatic hydroxyl groups is 1. The Balaban J connectivity index is 3.03. The van der Waals surface area contributed by atoms with Crippen LogP contribution in [0.25, 0.3) is 0 Å². The number of carbonyl (C=O) groups excluding carboxylic acids is 1. The van der Waals surface area contributed by atoms with Crippen molar-refractivity contribution in [2.75, 3.05) is 0 Å². The van der Waals surface area contributed by atoms with Crippen LogP contribution in [0.1, 0.15) is 32.5 Å². The van der Waals surface area contributed by atoms with E-state index in [2.05, 4.69) is 10.3 Å². The van der Waals surface area contributed by atoms with Gasteiger partial charge in [-0.05, 0) is 32.9 Å². The van der Waals surface area contributed by atoms with E-state index < -0.39 is 23.7 Å². The predicted octanol–water partition coefficient (Wildman–Crippen LogP) is 1.09. The third-order valence-corrected chi connectivity index (χ3v) is 2.58. The number of aromatic nitrogens is 1. The van der Waals surface area contributed by atoms with Crippen LogP contribution in [0.3, 0.4) is 0 Å². The number of amides is 1. The van der Waals surface area contributed by atoms with Gasteiger partial charge in [0.25, 0.3) is 0 Å². The summed E-state index contributed by atoms with van der Waals surface area (Å²) in [4.78, 5) is 26.8. The molecule has 0 unspecified atom stereocenters. The van der Waals surface area contributed by atoms with Crippen molar-refractivity contribution in [1.82, 2.24) is 10.3 Å². The van der Waals surface area contributed by atoms with Gasteiger partial charge in [0.05, 0.1) is 11.8 Å². The van der Waals surface area contributed by atoms with E-state index in [0.717, 1.165) is 6.92 Å². The molecule has 7 nitrogen and oxygen atoms in total. The summed E-state index contributed by atoms with van der Waals surface area (Å²) in [6.07, 6.45) is 0.252. The van der Waals surface area contributed by atoms with E-state index in [1.54, 1.807) is 26.0 Å². The summed E-state index contributed by atoms with van der Waals surface area (Å²) in [6.45, 7) is 4.40. The summed E-state index contributed by atoms with van der Waals surface area (Å²) < 4.78 is 4.90. The monoisotopic (exact) mass is 282 g/mol. The maximum atomic E-state index is 11.6. The second-order valence-corrected chi connectivity index (χ2v) is 4.74. The molecule has 1 rings (SSSR count). The van der Waals surface area contributed by atoms with Crippen molar-refractivity contribution in [3.8, 4) is 0 Å². The summed E-state index contributed by atoms with van der Waals surface area (Å²) in [7, 11) is 0. The first kappa shape index (κ1) is 15.9. The molecule has 7 heteroatoms. The number of ether oxygens (including phenoxy) is 1. The highest BCUT2D eigenvalue weighted by Gasteiger charge is 2.42. The smallest absolute Gasteiger partial charge is 0.408 e. The van der Waals surface area contributed by atoms with E-state index in [-0.39, 0.29) is 11.8 Å². The number of carbonyl (C=O) groups is 2. The van der Waals surface area contributed by atoms with Crippen molar-refractivity contribution in [2.24, 2.45) is 0 Å². The van der Waals surface area contributed by atoms with Crippen molar-refractivity contribution in [1.29, 1.82) is 0 Å². The third kappa shape index (κ3) is 3.92. The Kier molecular flexibility index (Phi) is 5.04. The lowest BCUT2D eigenvalue weighted by atomic mass is 9.93. The first-order valence-corrected chi connectivity index (χ1v) is 6.09. The third-order valence-electron chi connectivity index (χ3n) is 2.58. The van der Waals surface area contributed by atoms with Crippen LogP contribution in [0.5, 0.6) is 0 Å². The SMILES string of the molecule is CC(C)OC(=O)N[C@@H](c1ccccn1)[C@@](C)(O)C(=O)O. The van der Waals surface area contributed by atoms with Crippen LogP contribution >= 0.6 is 0 Å². The van der Waals surface area contributed by atoms with E-state index in [4.69, 9.17) is 9.84 Å². The summed E-state index contributed by atoms with van der Waals surface area (Å²) >= 11 is 0. The molecule has 20 heavy (non-hydrogen) atoms. The first-order chi connectivity index (χ1) is 9.25. The normalized spacial score (nSPS) is 15.2. The molecule has 1 amide bonds. The zero-order valence-electron chi connectivity index (χ0n) is 11.5. The summed E-state index contributed by atoms with van der Waals surface area (Å²) in [5, 5.41) is 21.5. The number of nitrogens with zero attached hydrogens (tertiary/aromatic N) is 1. The molecule has 2 atom stereocenters. The van der Waals surface area contributed by atoms with Gasteiger partial charge in [0.2, 0.25) is 0 Å². The molecule has 0 aliphatic carbocycles. The highest BCUT2D eigenvalue weighted by molar-refractivity contribution is 5.79. The Morgan fingerprint density at radius 1 is 1.40 bits per heavy atom. The van der Waals surface area contributed by atoms with E-state index in [0.29, 0.717) is 0 Å². The number of alkyl carbamates (subject to hydrolysis) is 1. The molecular weight excluding hydrogens is 264 g/mol. The second kappa shape index (κ2) is 6.33. The fourth-order valence-corrected chi connectivity index (χ4v) is 1.54. The summed E-state index contributed by atoms with van der Waals surface area (Å²) in [6, 6.07) is 3.55. The van der Waals surface area contributed by atoms with Crippen LogP contribution in [0.4, 0.5) is 4.79 Å². The first-order valence-electron chi connectivity index (χ1n) is 6.09. The molecule has 0 aliphatic heterocycles. The molecule has 0 saturated carbocycles. The zero-order valence-corrected chi connectivity index (χ0v) is 11.5. The molecule has 0 aromatic carbocycles. The zero-order chi connectivity index (χ0) is 15.3. The van der Waals surface area contributed by atoms with Gasteiger partial charge in [-0.2, -0.15) is 0 Å². The van der Waals surface area contributed by atoms with Gasteiger partial charge in [-0.3, -0.25) is 4.98 Å². The Bertz CT molecular complexity index is 473. The molecule has 1 aromatic rings. The maximum absolute atomic E-state index is 11.6. The average molecular weight is 282 g/mol. The van der Waals surface area contributed by atoms with Crippen LogP contribution in [-0.4, -0.2) is 39.0 Å². The number of nitrogens with one attached hydrogen (secondary N) is 1. The molecule has 0 fully saturated rings. The lowest BCUT2D eigenvalue weighted by Crippen LogP contribution is -2.50. The second-order valence-electron chi connectivity index (χ2n) is 4.74. The molecule has 0 bridgehead atoms. The van der Waals surface area contributed by atoms with Gasteiger partial charge in [-0.25, -0.2) is 9.59 Å². The molecule has 0 radical (unpaired) electrons. The lowest BCUT2D eigenvalue weighted by Gasteiger charge is -2.29. The number of aliphatic carboxylic acids is 1. The molecule has 1 aromatic heterocycles. The Labute approximate surface area is 116 Å². The van der Waals surface area contributed by atoms with E-state index >= 15 is 0 Å². The van der Waals surface area contributed by atoms with Gasteiger partial charge in [0.15, 0.2) is 5.60 Å². The van der Waals surface area contributed by atoms with Crippen molar-refractivity contribution in [2.45, 2.75) is 38.5 Å². The maximum Gasteiger partial charge on any atom is 0.408 e. The van der Waals surface area contributed by atoms with Crippen molar-refractivity contribution in [3.05, 3.63) is 30.1 Å². The van der Waals surface area contributed by atoms with Crippen molar-refractivity contribution in [3.63, 3.8) is 0 Å². The molecule has 0 spiro atoms. The Morgan fingerprint density at radius 3 is 2.50 bits per heavy atom. The quantitative estimate of drug-likeness (QED) is 0.746. The van der Waals surface area contributed by atoms with Gasteiger partial charge in [-0.1, -0.05) is 6.07 Å². The summed E-state index contributed by atoms with van der Waals surface area (Å²) in [5.74, 6) is -1.47. The van der Waals surface area contributed by atoms with Crippen molar-refractivity contribution >= 4 is 12.1 Å². The standard InChI is InChI=1S/C13H18N2O5/c1-8(2)20-12(18)15-10(13(3,19)11(16)17)9-6-4-5-7-14-9/h4-8,10,19H,1-3H3,(H,15,18)(H,16,17)/t10-,13+/m0/s1. The largest absolute Gasteiger partial charge is 0.479 e. The topological polar surface area (TPSA) is 109 Å². The van der Waals surface area contributed by atoms with E-state index in [1.165, 1.54) is 12.3 Å². The number of rotatable bonds is 5. The van der Waals surface area contributed by atoms with Gasteiger partial charge in [0.1, 0.15) is 6.04 Å². The minimum Gasteiger partial charge on any atom is -0.479 e. The van der Waals surface area contributed by atoms with E-state index in [1.807, 2.05) is 0 Å². The Hall–Kier alpha value is -2.15. The van der Waals surface area contributed by atoms with Crippen LogP contribution in [0.2, 0.25) is 0 Å². The van der Waals surface area contributed by atoms with Gasteiger partial charge in [-0.15, -0.1) is 0 Å². The fourth-order valence-electron chi connectivity index (χ4n) is 1.54. The number of hydrogen-bond acceptors (Lipinski definition) is 5. The Morgan fingerprint density at radius 2 is 2.05 bits per heavy atom. The molecule has 110 valence electrons. The lowest BCUT2D eigenvalue weighted by molar-refractivity contribution is -0.159. The minimum atomic E-state index is -2.22. The molecule has 0 saturated heterocycles. The van der Waals surface area contributed by atoms with Crippen LogP contribution in [0, 0.1) is 0 Å². The number of carboxylic acids is 1. The van der Waals surface area contributed by atoms with Gasteiger partial charge >= 0.3 is 12.1 Å². The van der Waals surface area contributed by atoms with Gasteiger partial charge in [0, 0.05) is 6.20 Å². The average Bonchev–Trinajstić information content (AvgIpc) is 2.35. The predicted molar refractivity (Wildman–Crippen MR) is 70.0 cm³/mol. The number of hydrogen-bond donors (Lipinski definition) is 3. The minimum absolute atomic E-state index is 0.223. The van der Waals surface area contributed by atoms with Crippen LogP contribution in [-0.2, 0) is 9.53 Å². The molecule has 0 aliphatic rings. The summed E-state index contributed by atoms with van der Waals surface area (Å²) in [5.41, 5.74) is -2.00. The number of carboxylic acid groups (broad SMARTS) is 1. The molecule has 3 N–H and O–H groups in total. The van der Waals surface area contributed by atoms with Crippen LogP contribution < -0.4 is 5.32 Å². The van der Waals surface area contributed by atoms with Crippen LogP contribution in [0.15, 0.2) is 24.4 Å².